The van der Waals surface area contributed by atoms with Gasteiger partial charge in [0.25, 0.3) is 0 Å². The molecule has 2 saturated heterocycles. The highest BCUT2D eigenvalue weighted by molar-refractivity contribution is 6.02. The summed E-state index contributed by atoms with van der Waals surface area (Å²) in [6, 6.07) is 15.6. The summed E-state index contributed by atoms with van der Waals surface area (Å²) in [4.78, 5) is 60.0. The van der Waals surface area contributed by atoms with E-state index in [4.69, 9.17) is 20.6 Å². The Morgan fingerprint density at radius 3 is 2.05 bits per heavy atom. The van der Waals surface area contributed by atoms with Crippen LogP contribution in [0.2, 0.25) is 0 Å². The van der Waals surface area contributed by atoms with E-state index in [-0.39, 0.29) is 36.7 Å². The number of hydrogen-bond donors (Lipinski definition) is 5. The quantitative estimate of drug-likeness (QED) is 0.109. The number of nitrogens with zero attached hydrogens (tertiary/aromatic N) is 3. The standard InChI is InChI=1S/C37H53N7O5.C6H13NO/c1-37(2,3)49-36(48)44-22-20-43(21-23-44)19-18-40-35(47)31(28-12-8-5-9-13-28)42-34(46)30(24-26-14-16-29(17-15-26)32(38)39)33(45)41-25-27-10-6-4-7-11-27;1-2-7-3-5-8-6-4-7/h4,6-7,10-11,14-17,28,30-31H,5,8-9,12-13,18-25H2,1-3H3,(H3,38,39)(H,40,47)(H,41,45)(H,42,46);2-6H2,1H3/t30-,31?;/m0./s1. The molecular weight excluding hydrogens is 725 g/mol. The molecule has 1 unspecified atom stereocenters. The Kier molecular flexibility index (Phi) is 18.2. The molecule has 5 rings (SSSR count). The Morgan fingerprint density at radius 2 is 1.47 bits per heavy atom. The third kappa shape index (κ3) is 15.7. The molecule has 3 aliphatic rings. The van der Waals surface area contributed by atoms with E-state index in [1.54, 1.807) is 29.2 Å². The summed E-state index contributed by atoms with van der Waals surface area (Å²) < 4.78 is 10.7. The largest absolute Gasteiger partial charge is 0.444 e. The number of nitrogens with one attached hydrogen (secondary N) is 4. The Morgan fingerprint density at radius 1 is 0.825 bits per heavy atom. The lowest BCUT2D eigenvalue weighted by molar-refractivity contribution is -0.138. The van der Waals surface area contributed by atoms with Crippen molar-refractivity contribution in [3.63, 3.8) is 0 Å². The van der Waals surface area contributed by atoms with Crippen LogP contribution in [0.25, 0.3) is 0 Å². The van der Waals surface area contributed by atoms with Crippen LogP contribution in [0.5, 0.6) is 0 Å². The summed E-state index contributed by atoms with van der Waals surface area (Å²) in [7, 11) is 0. The summed E-state index contributed by atoms with van der Waals surface area (Å²) >= 11 is 0. The maximum absolute atomic E-state index is 14.0. The molecule has 1 saturated carbocycles. The van der Waals surface area contributed by atoms with Gasteiger partial charge in [-0.1, -0.05) is 80.8 Å². The fourth-order valence-electron chi connectivity index (χ4n) is 7.23. The average Bonchev–Trinajstić information content (AvgIpc) is 3.22. The summed E-state index contributed by atoms with van der Waals surface area (Å²) in [5, 5.41) is 16.6. The van der Waals surface area contributed by atoms with Gasteiger partial charge in [-0.2, -0.15) is 0 Å². The van der Waals surface area contributed by atoms with Crippen molar-refractivity contribution in [3.8, 4) is 0 Å². The van der Waals surface area contributed by atoms with Crippen LogP contribution >= 0.6 is 0 Å². The second-order valence-corrected chi connectivity index (χ2v) is 16.1. The van der Waals surface area contributed by atoms with E-state index in [1.165, 1.54) is 6.54 Å². The number of morpholine rings is 1. The van der Waals surface area contributed by atoms with Crippen molar-refractivity contribution in [2.75, 3.05) is 72.1 Å². The van der Waals surface area contributed by atoms with Gasteiger partial charge in [-0.05, 0) is 63.6 Å². The molecule has 14 heteroatoms. The first-order chi connectivity index (χ1) is 27.3. The number of carbonyl (C=O) groups is 4. The van der Waals surface area contributed by atoms with E-state index in [0.29, 0.717) is 44.8 Å². The monoisotopic (exact) mass is 791 g/mol. The zero-order chi connectivity index (χ0) is 41.2. The molecule has 4 amide bonds. The number of likely N-dealkylation sites (N-methyl/N-ethyl adjacent to an activating group) is 1. The Labute approximate surface area is 339 Å². The molecule has 14 nitrogen and oxygen atoms in total. The molecule has 3 fully saturated rings. The summed E-state index contributed by atoms with van der Waals surface area (Å²) in [5.74, 6) is -2.34. The number of ether oxygens (including phenoxy) is 2. The number of hydrogen-bond acceptors (Lipinski definition) is 9. The Bertz CT molecular complexity index is 1560. The summed E-state index contributed by atoms with van der Waals surface area (Å²) in [6.45, 7) is 16.7. The van der Waals surface area contributed by atoms with Gasteiger partial charge in [0.15, 0.2) is 0 Å². The molecule has 2 aromatic carbocycles. The van der Waals surface area contributed by atoms with Crippen LogP contribution in [0.3, 0.4) is 0 Å². The van der Waals surface area contributed by atoms with Crippen LogP contribution in [0.4, 0.5) is 4.79 Å². The number of benzene rings is 2. The van der Waals surface area contributed by atoms with E-state index in [2.05, 4.69) is 32.7 Å². The smallest absolute Gasteiger partial charge is 0.410 e. The highest BCUT2D eigenvalue weighted by atomic mass is 16.6. The molecule has 0 aromatic heterocycles. The minimum atomic E-state index is -1.08. The third-order valence-corrected chi connectivity index (χ3v) is 10.7. The first-order valence-electron chi connectivity index (χ1n) is 20.7. The molecule has 0 radical (unpaired) electrons. The summed E-state index contributed by atoms with van der Waals surface area (Å²) in [5.41, 5.74) is 7.28. The molecule has 0 spiro atoms. The lowest BCUT2D eigenvalue weighted by atomic mass is 9.83. The van der Waals surface area contributed by atoms with Crippen molar-refractivity contribution in [3.05, 3.63) is 71.3 Å². The molecule has 2 heterocycles. The van der Waals surface area contributed by atoms with Crippen molar-refractivity contribution >= 4 is 29.7 Å². The highest BCUT2D eigenvalue weighted by Gasteiger charge is 2.35. The molecule has 2 aliphatic heterocycles. The lowest BCUT2D eigenvalue weighted by Gasteiger charge is -2.35. The third-order valence-electron chi connectivity index (χ3n) is 10.7. The first kappa shape index (κ1) is 45.2. The highest BCUT2D eigenvalue weighted by Crippen LogP contribution is 2.27. The molecular formula is C43H66N8O6. The van der Waals surface area contributed by atoms with Crippen LogP contribution in [-0.4, -0.2) is 128 Å². The maximum atomic E-state index is 14.0. The fraction of sp³-hybridized carbons (Fsp3) is 0.605. The van der Waals surface area contributed by atoms with Crippen molar-refractivity contribution in [1.29, 1.82) is 5.41 Å². The van der Waals surface area contributed by atoms with Crippen LogP contribution in [0.1, 0.15) is 76.5 Å². The topological polar surface area (TPSA) is 182 Å². The SMILES string of the molecule is CC(C)(C)OC(=O)N1CCN(CCNC(=O)C(NC(=O)[C@@H](Cc2ccc(C(=N)N)cc2)C(=O)NCc2ccccc2)C2CCCCC2)CC1.CCN1CCOCC1. The van der Waals surface area contributed by atoms with E-state index in [9.17, 15) is 19.2 Å². The van der Waals surface area contributed by atoms with Crippen LogP contribution in [0.15, 0.2) is 54.6 Å². The molecule has 0 bridgehead atoms. The van der Waals surface area contributed by atoms with E-state index in [0.717, 1.165) is 69.5 Å². The van der Waals surface area contributed by atoms with Gasteiger partial charge in [-0.25, -0.2) is 4.79 Å². The normalized spacial score (nSPS) is 17.9. The van der Waals surface area contributed by atoms with E-state index >= 15 is 0 Å². The van der Waals surface area contributed by atoms with Gasteiger partial charge in [0.05, 0.1) is 13.2 Å². The second-order valence-electron chi connectivity index (χ2n) is 16.1. The van der Waals surface area contributed by atoms with Crippen LogP contribution < -0.4 is 21.7 Å². The van der Waals surface area contributed by atoms with E-state index in [1.807, 2.05) is 51.1 Å². The van der Waals surface area contributed by atoms with Crippen LogP contribution in [-0.2, 0) is 36.8 Å². The zero-order valence-electron chi connectivity index (χ0n) is 34.5. The number of piperazine rings is 1. The number of rotatable bonds is 14. The number of nitrogens with two attached hydrogens (primary N) is 1. The van der Waals surface area contributed by atoms with Crippen molar-refractivity contribution < 1.29 is 28.7 Å². The molecule has 6 N–H and O–H groups in total. The number of amides is 4. The minimum Gasteiger partial charge on any atom is -0.444 e. The molecule has 1 aliphatic carbocycles. The maximum Gasteiger partial charge on any atom is 0.410 e. The van der Waals surface area contributed by atoms with Crippen molar-refractivity contribution in [1.82, 2.24) is 30.7 Å². The minimum absolute atomic E-state index is 0.0297. The second kappa shape index (κ2) is 23.0. The van der Waals surface area contributed by atoms with Gasteiger partial charge in [-0.15, -0.1) is 0 Å². The summed E-state index contributed by atoms with van der Waals surface area (Å²) in [6.07, 6.45) is 4.51. The van der Waals surface area contributed by atoms with Crippen LogP contribution in [0, 0.1) is 17.2 Å². The molecule has 2 atom stereocenters. The fourth-order valence-corrected chi connectivity index (χ4v) is 7.23. The molecule has 314 valence electrons. The molecule has 2 aromatic rings. The number of nitrogen functional groups attached to an aromatic ring is 1. The van der Waals surface area contributed by atoms with E-state index < -0.39 is 29.4 Å². The van der Waals surface area contributed by atoms with Crippen molar-refractivity contribution in [2.45, 2.75) is 84.4 Å². The van der Waals surface area contributed by atoms with Gasteiger partial charge in [0.1, 0.15) is 23.4 Å². The number of amidine groups is 1. The Balaban J connectivity index is 0.000000800. The van der Waals surface area contributed by atoms with Gasteiger partial charge in [-0.3, -0.25) is 29.6 Å². The first-order valence-corrected chi connectivity index (χ1v) is 20.7. The predicted molar refractivity (Wildman–Crippen MR) is 222 cm³/mol. The van der Waals surface area contributed by atoms with Gasteiger partial charge in [0, 0.05) is 64.5 Å². The Hall–Kier alpha value is -4.53. The van der Waals surface area contributed by atoms with Crippen molar-refractivity contribution in [2.24, 2.45) is 17.6 Å². The zero-order valence-corrected chi connectivity index (χ0v) is 34.5. The predicted octanol–water partition coefficient (Wildman–Crippen LogP) is 3.52. The number of carbonyl (C=O) groups excluding carboxylic acids is 4. The van der Waals surface area contributed by atoms with Gasteiger partial charge in [0.2, 0.25) is 17.7 Å². The van der Waals surface area contributed by atoms with Gasteiger partial charge < -0.3 is 36.1 Å². The molecule has 57 heavy (non-hydrogen) atoms. The van der Waals surface area contributed by atoms with Gasteiger partial charge >= 0.3 is 6.09 Å². The average molecular weight is 791 g/mol. The lowest BCUT2D eigenvalue weighted by Crippen LogP contribution is -2.56.